The molecule has 0 aromatic heterocycles. The standard InChI is InChI=1S/C12H13F2N3OS/c13-9-6(12(16)19)3-4-7(10(9)14)17-5-1-2-8(17)11(15)18/h3-4,8H,1-2,5H2,(H2,15,18)(H2,16,19). The fourth-order valence-electron chi connectivity index (χ4n) is 2.30. The first kappa shape index (κ1) is 13.7. The Kier molecular flexibility index (Phi) is 3.66. The summed E-state index contributed by atoms with van der Waals surface area (Å²) in [6.45, 7) is 0.455. The Balaban J connectivity index is 2.44. The lowest BCUT2D eigenvalue weighted by Crippen LogP contribution is -2.40. The van der Waals surface area contributed by atoms with Gasteiger partial charge in [0.1, 0.15) is 11.0 Å². The Labute approximate surface area is 114 Å². The van der Waals surface area contributed by atoms with Crippen LogP contribution in [0.5, 0.6) is 0 Å². The number of nitrogens with two attached hydrogens (primary N) is 2. The highest BCUT2D eigenvalue weighted by molar-refractivity contribution is 7.80. The minimum absolute atomic E-state index is 0.0128. The van der Waals surface area contributed by atoms with Crippen molar-refractivity contribution in [1.29, 1.82) is 0 Å². The molecule has 1 aromatic rings. The van der Waals surface area contributed by atoms with Crippen molar-refractivity contribution in [1.82, 2.24) is 0 Å². The number of primary amides is 1. The van der Waals surface area contributed by atoms with Gasteiger partial charge in [-0.05, 0) is 25.0 Å². The van der Waals surface area contributed by atoms with Gasteiger partial charge in [-0.1, -0.05) is 12.2 Å². The molecular weight excluding hydrogens is 272 g/mol. The molecule has 7 heteroatoms. The molecule has 0 radical (unpaired) electrons. The van der Waals surface area contributed by atoms with E-state index in [2.05, 4.69) is 12.2 Å². The van der Waals surface area contributed by atoms with E-state index in [1.54, 1.807) is 0 Å². The van der Waals surface area contributed by atoms with Crippen molar-refractivity contribution in [2.24, 2.45) is 11.5 Å². The summed E-state index contributed by atoms with van der Waals surface area (Å²) in [5, 5.41) is 0. The first-order valence-electron chi connectivity index (χ1n) is 5.77. The van der Waals surface area contributed by atoms with Gasteiger partial charge in [0.05, 0.1) is 5.69 Å². The molecule has 1 aromatic carbocycles. The third-order valence-electron chi connectivity index (χ3n) is 3.22. The minimum atomic E-state index is -1.10. The third-order valence-corrected chi connectivity index (χ3v) is 3.44. The number of thiocarbonyl (C=S) groups is 1. The van der Waals surface area contributed by atoms with E-state index in [9.17, 15) is 13.6 Å². The van der Waals surface area contributed by atoms with E-state index in [0.29, 0.717) is 19.4 Å². The Morgan fingerprint density at radius 2 is 2.00 bits per heavy atom. The second-order valence-electron chi connectivity index (χ2n) is 4.38. The van der Waals surface area contributed by atoms with Gasteiger partial charge in [-0.15, -0.1) is 0 Å². The topological polar surface area (TPSA) is 72.4 Å². The lowest BCUT2D eigenvalue weighted by atomic mass is 10.1. The highest BCUT2D eigenvalue weighted by atomic mass is 32.1. The van der Waals surface area contributed by atoms with Crippen LogP contribution in [0.25, 0.3) is 0 Å². The SMILES string of the molecule is NC(=O)C1CCCN1c1ccc(C(N)=S)c(F)c1F. The maximum Gasteiger partial charge on any atom is 0.240 e. The van der Waals surface area contributed by atoms with E-state index in [1.165, 1.54) is 17.0 Å². The molecule has 1 atom stereocenters. The van der Waals surface area contributed by atoms with Crippen LogP contribution in [0.4, 0.5) is 14.5 Å². The van der Waals surface area contributed by atoms with Gasteiger partial charge in [-0.2, -0.15) is 0 Å². The first-order valence-corrected chi connectivity index (χ1v) is 6.18. The average molecular weight is 285 g/mol. The van der Waals surface area contributed by atoms with Crippen molar-refractivity contribution in [2.45, 2.75) is 18.9 Å². The van der Waals surface area contributed by atoms with Crippen LogP contribution in [0, 0.1) is 11.6 Å². The van der Waals surface area contributed by atoms with E-state index in [4.69, 9.17) is 11.5 Å². The number of anilines is 1. The lowest BCUT2D eigenvalue weighted by molar-refractivity contribution is -0.119. The molecule has 1 saturated heterocycles. The Morgan fingerprint density at radius 1 is 1.32 bits per heavy atom. The van der Waals surface area contributed by atoms with Crippen LogP contribution in [0.2, 0.25) is 0 Å². The van der Waals surface area contributed by atoms with Gasteiger partial charge in [-0.25, -0.2) is 8.78 Å². The molecule has 102 valence electrons. The van der Waals surface area contributed by atoms with Gasteiger partial charge >= 0.3 is 0 Å². The quantitative estimate of drug-likeness (QED) is 0.814. The molecule has 1 aliphatic heterocycles. The van der Waals surface area contributed by atoms with Gasteiger partial charge in [-0.3, -0.25) is 4.79 Å². The second kappa shape index (κ2) is 5.08. The van der Waals surface area contributed by atoms with Crippen molar-refractivity contribution in [2.75, 3.05) is 11.4 Å². The number of halogens is 2. The van der Waals surface area contributed by atoms with Crippen LogP contribution in [0.3, 0.4) is 0 Å². The number of hydrogen-bond acceptors (Lipinski definition) is 3. The number of nitrogens with zero attached hydrogens (tertiary/aromatic N) is 1. The van der Waals surface area contributed by atoms with Gasteiger partial charge in [0.15, 0.2) is 11.6 Å². The number of hydrogen-bond donors (Lipinski definition) is 2. The van der Waals surface area contributed by atoms with E-state index in [0.717, 1.165) is 0 Å². The summed E-state index contributed by atoms with van der Waals surface area (Å²) in [4.78, 5) is 12.5. The summed E-state index contributed by atoms with van der Waals surface area (Å²) in [6.07, 6.45) is 1.24. The molecule has 4 N–H and O–H groups in total. The normalized spacial score (nSPS) is 18.6. The number of benzene rings is 1. The molecule has 1 fully saturated rings. The summed E-state index contributed by atoms with van der Waals surface area (Å²) < 4.78 is 27.8. The van der Waals surface area contributed by atoms with Crippen molar-refractivity contribution in [3.05, 3.63) is 29.3 Å². The highest BCUT2D eigenvalue weighted by Gasteiger charge is 2.32. The molecule has 0 saturated carbocycles. The van der Waals surface area contributed by atoms with Crippen molar-refractivity contribution >= 4 is 28.8 Å². The summed E-state index contributed by atoms with van der Waals surface area (Å²) in [5.74, 6) is -2.70. The molecule has 2 rings (SSSR count). The summed E-state index contributed by atoms with van der Waals surface area (Å²) in [6, 6.07) is 2.07. The monoisotopic (exact) mass is 285 g/mol. The zero-order valence-corrected chi connectivity index (χ0v) is 10.8. The first-order chi connectivity index (χ1) is 8.93. The van der Waals surface area contributed by atoms with Gasteiger partial charge in [0.2, 0.25) is 5.91 Å². The molecule has 0 spiro atoms. The van der Waals surface area contributed by atoms with Gasteiger partial charge in [0.25, 0.3) is 0 Å². The van der Waals surface area contributed by atoms with Crippen LogP contribution in [-0.2, 0) is 4.79 Å². The smallest absolute Gasteiger partial charge is 0.240 e. The van der Waals surface area contributed by atoms with Crippen LogP contribution in [0.1, 0.15) is 18.4 Å². The van der Waals surface area contributed by atoms with E-state index in [-0.39, 0.29) is 16.2 Å². The maximum atomic E-state index is 14.0. The highest BCUT2D eigenvalue weighted by Crippen LogP contribution is 2.30. The summed E-state index contributed by atoms with van der Waals surface area (Å²) in [7, 11) is 0. The molecule has 1 amide bonds. The third kappa shape index (κ3) is 2.37. The fraction of sp³-hybridized carbons (Fsp3) is 0.333. The van der Waals surface area contributed by atoms with Crippen molar-refractivity contribution < 1.29 is 13.6 Å². The molecule has 0 bridgehead atoms. The zero-order chi connectivity index (χ0) is 14.2. The van der Waals surface area contributed by atoms with Crippen LogP contribution < -0.4 is 16.4 Å². The van der Waals surface area contributed by atoms with Crippen LogP contribution in [0.15, 0.2) is 12.1 Å². The number of carbonyl (C=O) groups excluding carboxylic acids is 1. The zero-order valence-electron chi connectivity index (χ0n) is 10.0. The summed E-state index contributed by atoms with van der Waals surface area (Å²) >= 11 is 4.64. The minimum Gasteiger partial charge on any atom is -0.389 e. The van der Waals surface area contributed by atoms with E-state index in [1.807, 2.05) is 0 Å². The number of amides is 1. The van der Waals surface area contributed by atoms with E-state index >= 15 is 0 Å². The van der Waals surface area contributed by atoms with E-state index < -0.39 is 23.6 Å². The molecule has 0 aliphatic carbocycles. The number of rotatable bonds is 3. The van der Waals surface area contributed by atoms with Crippen LogP contribution in [-0.4, -0.2) is 23.5 Å². The maximum absolute atomic E-state index is 14.0. The predicted molar refractivity (Wildman–Crippen MR) is 71.8 cm³/mol. The number of carbonyl (C=O) groups is 1. The molecule has 19 heavy (non-hydrogen) atoms. The largest absolute Gasteiger partial charge is 0.389 e. The molecule has 1 aliphatic rings. The Morgan fingerprint density at radius 3 is 2.58 bits per heavy atom. The van der Waals surface area contributed by atoms with Crippen molar-refractivity contribution in [3.8, 4) is 0 Å². The van der Waals surface area contributed by atoms with Gasteiger partial charge < -0.3 is 16.4 Å². The predicted octanol–water partition coefficient (Wildman–Crippen LogP) is 1.05. The lowest BCUT2D eigenvalue weighted by Gasteiger charge is -2.25. The van der Waals surface area contributed by atoms with Gasteiger partial charge in [0, 0.05) is 12.1 Å². The van der Waals surface area contributed by atoms with Crippen molar-refractivity contribution in [3.63, 3.8) is 0 Å². The van der Waals surface area contributed by atoms with Crippen LogP contribution >= 0.6 is 12.2 Å². The second-order valence-corrected chi connectivity index (χ2v) is 4.82. The average Bonchev–Trinajstić information content (AvgIpc) is 2.81. The fourth-order valence-corrected chi connectivity index (χ4v) is 2.46. The Bertz CT molecular complexity index is 550. The molecule has 1 unspecified atom stereocenters. The Hall–Kier alpha value is -1.76. The molecular formula is C12H13F2N3OS. The molecule has 1 heterocycles. The molecule has 4 nitrogen and oxygen atoms in total. The summed E-state index contributed by atoms with van der Waals surface area (Å²) in [5.41, 5.74) is 10.4.